The summed E-state index contributed by atoms with van der Waals surface area (Å²) in [6.45, 7) is 0.868. The van der Waals surface area contributed by atoms with Gasteiger partial charge in [-0.15, -0.1) is 0 Å². The van der Waals surface area contributed by atoms with Crippen LogP contribution in [0.2, 0.25) is 0 Å². The SMILES string of the molecule is O=[N+]([O-])c1cccc(CNCCCCC(F)(F)F)c1. The summed E-state index contributed by atoms with van der Waals surface area (Å²) >= 11 is 0. The number of hydrogen-bond donors (Lipinski definition) is 1. The summed E-state index contributed by atoms with van der Waals surface area (Å²) in [6, 6.07) is 6.16. The van der Waals surface area contributed by atoms with Crippen LogP contribution in [0, 0.1) is 10.1 Å². The maximum atomic E-state index is 11.9. The average molecular weight is 276 g/mol. The lowest BCUT2D eigenvalue weighted by Gasteiger charge is -2.07. The van der Waals surface area contributed by atoms with Crippen LogP contribution in [0.25, 0.3) is 0 Å². The smallest absolute Gasteiger partial charge is 0.313 e. The lowest BCUT2D eigenvalue weighted by molar-refractivity contribution is -0.384. The lowest BCUT2D eigenvalue weighted by Crippen LogP contribution is -2.16. The monoisotopic (exact) mass is 276 g/mol. The quantitative estimate of drug-likeness (QED) is 0.471. The normalized spacial score (nSPS) is 11.5. The van der Waals surface area contributed by atoms with Gasteiger partial charge in [0.25, 0.3) is 5.69 Å². The van der Waals surface area contributed by atoms with E-state index in [9.17, 15) is 23.3 Å². The summed E-state index contributed by atoms with van der Waals surface area (Å²) in [7, 11) is 0. The molecule has 0 fully saturated rings. The standard InChI is InChI=1S/C12H15F3N2O2/c13-12(14,15)6-1-2-7-16-9-10-4-3-5-11(8-10)17(18)19/h3-5,8,16H,1-2,6-7,9H2. The number of nitrogens with zero attached hydrogens (tertiary/aromatic N) is 1. The first kappa shape index (κ1) is 15.4. The molecule has 0 unspecified atom stereocenters. The molecule has 0 aliphatic heterocycles. The van der Waals surface area contributed by atoms with Gasteiger partial charge in [-0.1, -0.05) is 12.1 Å². The Morgan fingerprint density at radius 1 is 1.26 bits per heavy atom. The summed E-state index contributed by atoms with van der Waals surface area (Å²) < 4.78 is 35.6. The second kappa shape index (κ2) is 7.08. The van der Waals surface area contributed by atoms with Gasteiger partial charge in [0.2, 0.25) is 0 Å². The van der Waals surface area contributed by atoms with Gasteiger partial charge in [-0.05, 0) is 24.9 Å². The van der Waals surface area contributed by atoms with Crippen molar-refractivity contribution < 1.29 is 18.1 Å². The summed E-state index contributed by atoms with van der Waals surface area (Å²) in [5.41, 5.74) is 0.751. The molecule has 0 bridgehead atoms. The molecule has 0 saturated heterocycles. The maximum absolute atomic E-state index is 11.9. The van der Waals surface area contributed by atoms with Crippen molar-refractivity contribution in [2.45, 2.75) is 32.0 Å². The predicted octanol–water partition coefficient (Wildman–Crippen LogP) is 3.42. The molecule has 0 aromatic heterocycles. The number of unbranched alkanes of at least 4 members (excludes halogenated alkanes) is 1. The van der Waals surface area contributed by atoms with Crippen molar-refractivity contribution in [1.82, 2.24) is 5.32 Å². The molecule has 106 valence electrons. The molecule has 4 nitrogen and oxygen atoms in total. The molecule has 1 rings (SSSR count). The van der Waals surface area contributed by atoms with Crippen LogP contribution in [0.1, 0.15) is 24.8 Å². The molecule has 7 heteroatoms. The molecular weight excluding hydrogens is 261 g/mol. The van der Waals surface area contributed by atoms with E-state index < -0.39 is 17.5 Å². The van der Waals surface area contributed by atoms with Crippen LogP contribution >= 0.6 is 0 Å². The maximum Gasteiger partial charge on any atom is 0.389 e. The van der Waals surface area contributed by atoms with Crippen molar-refractivity contribution >= 4 is 5.69 Å². The fourth-order valence-electron chi connectivity index (χ4n) is 1.59. The van der Waals surface area contributed by atoms with Crippen molar-refractivity contribution in [3.8, 4) is 0 Å². The van der Waals surface area contributed by atoms with E-state index in [2.05, 4.69) is 5.32 Å². The Morgan fingerprint density at radius 3 is 2.63 bits per heavy atom. The third-order valence-electron chi connectivity index (χ3n) is 2.51. The second-order valence-electron chi connectivity index (χ2n) is 4.18. The van der Waals surface area contributed by atoms with Crippen molar-refractivity contribution in [2.75, 3.05) is 6.54 Å². The molecule has 0 spiro atoms. The molecule has 0 aliphatic carbocycles. The van der Waals surface area contributed by atoms with Crippen LogP contribution in [0.15, 0.2) is 24.3 Å². The number of halogens is 3. The van der Waals surface area contributed by atoms with Gasteiger partial charge in [0.15, 0.2) is 0 Å². The highest BCUT2D eigenvalue weighted by Crippen LogP contribution is 2.21. The third kappa shape index (κ3) is 6.76. The zero-order chi connectivity index (χ0) is 14.3. The van der Waals surface area contributed by atoms with E-state index in [0.29, 0.717) is 19.5 Å². The molecule has 0 amide bonds. The molecular formula is C12H15F3N2O2. The van der Waals surface area contributed by atoms with E-state index in [1.807, 2.05) is 0 Å². The van der Waals surface area contributed by atoms with Crippen molar-refractivity contribution in [3.63, 3.8) is 0 Å². The zero-order valence-corrected chi connectivity index (χ0v) is 10.2. The average Bonchev–Trinajstić information content (AvgIpc) is 2.32. The Labute approximate surface area is 108 Å². The summed E-state index contributed by atoms with van der Waals surface area (Å²) in [5.74, 6) is 0. The Kier molecular flexibility index (Phi) is 5.75. The van der Waals surface area contributed by atoms with E-state index >= 15 is 0 Å². The first-order valence-corrected chi connectivity index (χ1v) is 5.89. The molecule has 0 aliphatic rings. The number of rotatable bonds is 7. The zero-order valence-electron chi connectivity index (χ0n) is 10.2. The van der Waals surface area contributed by atoms with Crippen LogP contribution in [0.3, 0.4) is 0 Å². The molecule has 1 aromatic rings. The van der Waals surface area contributed by atoms with Gasteiger partial charge in [0.05, 0.1) is 4.92 Å². The van der Waals surface area contributed by atoms with Gasteiger partial charge in [0.1, 0.15) is 0 Å². The van der Waals surface area contributed by atoms with E-state index in [-0.39, 0.29) is 12.1 Å². The van der Waals surface area contributed by atoms with Crippen molar-refractivity contribution in [3.05, 3.63) is 39.9 Å². The number of nitro benzene ring substituents is 1. The van der Waals surface area contributed by atoms with E-state index in [4.69, 9.17) is 0 Å². The molecule has 0 atom stereocenters. The highest BCUT2D eigenvalue weighted by atomic mass is 19.4. The van der Waals surface area contributed by atoms with E-state index in [1.54, 1.807) is 12.1 Å². The third-order valence-corrected chi connectivity index (χ3v) is 2.51. The molecule has 0 saturated carbocycles. The highest BCUT2D eigenvalue weighted by molar-refractivity contribution is 5.34. The first-order valence-electron chi connectivity index (χ1n) is 5.89. The van der Waals surface area contributed by atoms with E-state index in [0.717, 1.165) is 5.56 Å². The number of alkyl halides is 3. The highest BCUT2D eigenvalue weighted by Gasteiger charge is 2.25. The second-order valence-corrected chi connectivity index (χ2v) is 4.18. The van der Waals surface area contributed by atoms with Crippen LogP contribution < -0.4 is 5.32 Å². The van der Waals surface area contributed by atoms with Crippen molar-refractivity contribution in [1.29, 1.82) is 0 Å². The Bertz CT molecular complexity index is 422. The van der Waals surface area contributed by atoms with Gasteiger partial charge in [0, 0.05) is 25.1 Å². The fraction of sp³-hybridized carbons (Fsp3) is 0.500. The fourth-order valence-corrected chi connectivity index (χ4v) is 1.59. The van der Waals surface area contributed by atoms with Gasteiger partial charge < -0.3 is 5.32 Å². The van der Waals surface area contributed by atoms with Gasteiger partial charge in [-0.2, -0.15) is 13.2 Å². The molecule has 19 heavy (non-hydrogen) atoms. The molecule has 1 N–H and O–H groups in total. The van der Waals surface area contributed by atoms with Crippen LogP contribution in [0.4, 0.5) is 18.9 Å². The minimum absolute atomic E-state index is 0.0105. The summed E-state index contributed by atoms with van der Waals surface area (Å²) in [4.78, 5) is 10.1. The van der Waals surface area contributed by atoms with Gasteiger partial charge in [-0.25, -0.2) is 0 Å². The van der Waals surface area contributed by atoms with Crippen LogP contribution in [-0.2, 0) is 6.54 Å². The lowest BCUT2D eigenvalue weighted by atomic mass is 10.2. The summed E-state index contributed by atoms with van der Waals surface area (Å²) in [5, 5.41) is 13.5. The first-order chi connectivity index (χ1) is 8.88. The van der Waals surface area contributed by atoms with Crippen molar-refractivity contribution in [2.24, 2.45) is 0 Å². The predicted molar refractivity (Wildman–Crippen MR) is 64.7 cm³/mol. The molecule has 1 aromatic carbocycles. The summed E-state index contributed by atoms with van der Waals surface area (Å²) in [6.07, 6.45) is -4.36. The minimum Gasteiger partial charge on any atom is -0.313 e. The van der Waals surface area contributed by atoms with E-state index in [1.165, 1.54) is 12.1 Å². The van der Waals surface area contributed by atoms with Gasteiger partial charge >= 0.3 is 6.18 Å². The topological polar surface area (TPSA) is 55.2 Å². The number of non-ortho nitro benzene ring substituents is 1. The molecule has 0 heterocycles. The van der Waals surface area contributed by atoms with Crippen LogP contribution in [0.5, 0.6) is 0 Å². The van der Waals surface area contributed by atoms with Gasteiger partial charge in [-0.3, -0.25) is 10.1 Å². The Hall–Kier alpha value is -1.63. The number of nitrogens with one attached hydrogen (secondary N) is 1. The Morgan fingerprint density at radius 2 is 2.00 bits per heavy atom. The number of nitro groups is 1. The van der Waals surface area contributed by atoms with Crippen LogP contribution in [-0.4, -0.2) is 17.6 Å². The minimum atomic E-state index is -4.10. The number of hydrogen-bond acceptors (Lipinski definition) is 3. The molecule has 0 radical (unpaired) electrons. The number of benzene rings is 1. The Balaban J connectivity index is 2.23. The largest absolute Gasteiger partial charge is 0.389 e.